The zero-order valence-corrected chi connectivity index (χ0v) is 14.9. The van der Waals surface area contributed by atoms with Gasteiger partial charge in [0.25, 0.3) is 5.91 Å². The highest BCUT2D eigenvalue weighted by atomic mass is 32.1. The zero-order chi connectivity index (χ0) is 17.2. The van der Waals surface area contributed by atoms with E-state index in [-0.39, 0.29) is 5.91 Å². The monoisotopic (exact) mass is 370 g/mol. The molecule has 0 saturated carbocycles. The van der Waals surface area contributed by atoms with E-state index in [1.54, 1.807) is 29.9 Å². The summed E-state index contributed by atoms with van der Waals surface area (Å²) < 4.78 is 5.32. The van der Waals surface area contributed by atoms with E-state index < -0.39 is 0 Å². The summed E-state index contributed by atoms with van der Waals surface area (Å²) in [5.74, 6) is 0.556. The lowest BCUT2D eigenvalue weighted by Gasteiger charge is -2.00. The minimum Gasteiger partial charge on any atom is -0.462 e. The van der Waals surface area contributed by atoms with Gasteiger partial charge in [0.2, 0.25) is 0 Å². The normalized spacial score (nSPS) is 10.9. The van der Waals surface area contributed by atoms with Crippen molar-refractivity contribution in [1.82, 2.24) is 20.3 Å². The van der Waals surface area contributed by atoms with Crippen LogP contribution in [0.5, 0.6) is 0 Å². The Bertz CT molecular complexity index is 998. The lowest BCUT2D eigenvalue weighted by Crippen LogP contribution is -2.23. The number of carbonyl (C=O) groups is 1. The van der Waals surface area contributed by atoms with Gasteiger partial charge in [0, 0.05) is 22.5 Å². The number of aromatic nitrogens is 3. The van der Waals surface area contributed by atoms with Crippen LogP contribution in [0.3, 0.4) is 0 Å². The average Bonchev–Trinajstić information content (AvgIpc) is 3.38. The molecule has 2 N–H and O–H groups in total. The molecular weight excluding hydrogens is 356 g/mol. The molecule has 0 bridgehead atoms. The van der Waals surface area contributed by atoms with Crippen LogP contribution in [0.1, 0.15) is 21.2 Å². The van der Waals surface area contributed by atoms with Crippen molar-refractivity contribution in [1.29, 1.82) is 0 Å². The van der Waals surface area contributed by atoms with Crippen LogP contribution in [0.4, 0.5) is 0 Å². The van der Waals surface area contributed by atoms with Crippen molar-refractivity contribution in [3.05, 3.63) is 57.8 Å². The van der Waals surface area contributed by atoms with Crippen LogP contribution < -0.4 is 5.32 Å². The van der Waals surface area contributed by atoms with Crippen LogP contribution in [0, 0.1) is 6.92 Å². The van der Waals surface area contributed by atoms with E-state index in [2.05, 4.69) is 20.3 Å². The van der Waals surface area contributed by atoms with Crippen LogP contribution in [0.2, 0.25) is 0 Å². The highest BCUT2D eigenvalue weighted by Crippen LogP contribution is 2.24. The van der Waals surface area contributed by atoms with Gasteiger partial charge in [-0.1, -0.05) is 0 Å². The van der Waals surface area contributed by atoms with E-state index in [4.69, 9.17) is 4.42 Å². The van der Waals surface area contributed by atoms with Crippen molar-refractivity contribution in [2.24, 2.45) is 0 Å². The van der Waals surface area contributed by atoms with Crippen LogP contribution in [0.15, 0.2) is 45.8 Å². The zero-order valence-electron chi connectivity index (χ0n) is 13.3. The lowest BCUT2D eigenvalue weighted by molar-refractivity contribution is 0.0946. The fraction of sp³-hybridized carbons (Fsp3) is 0.118. The molecule has 4 heterocycles. The number of hydrogen-bond donors (Lipinski definition) is 2. The number of nitrogens with zero attached hydrogens (tertiary/aromatic N) is 2. The summed E-state index contributed by atoms with van der Waals surface area (Å²) in [4.78, 5) is 24.2. The molecule has 0 aliphatic carbocycles. The van der Waals surface area contributed by atoms with Crippen molar-refractivity contribution in [3.63, 3.8) is 0 Å². The van der Waals surface area contributed by atoms with Gasteiger partial charge >= 0.3 is 0 Å². The highest BCUT2D eigenvalue weighted by Gasteiger charge is 2.12. The molecule has 0 fully saturated rings. The fourth-order valence-corrected chi connectivity index (χ4v) is 3.74. The average molecular weight is 370 g/mol. The maximum Gasteiger partial charge on any atom is 0.268 e. The number of hydrogen-bond acceptors (Lipinski definition) is 6. The summed E-state index contributed by atoms with van der Waals surface area (Å²) in [7, 11) is 0. The number of amides is 1. The Morgan fingerprint density at radius 3 is 3.00 bits per heavy atom. The molecule has 4 aromatic heterocycles. The van der Waals surface area contributed by atoms with Crippen molar-refractivity contribution >= 4 is 28.6 Å². The summed E-state index contributed by atoms with van der Waals surface area (Å²) in [6.45, 7) is 2.32. The third-order valence-electron chi connectivity index (χ3n) is 3.56. The third-order valence-corrected chi connectivity index (χ3v) is 5.24. The van der Waals surface area contributed by atoms with Gasteiger partial charge < -0.3 is 14.7 Å². The number of furan rings is 1. The van der Waals surface area contributed by atoms with Gasteiger partial charge in [0.1, 0.15) is 5.69 Å². The molecule has 1 amide bonds. The van der Waals surface area contributed by atoms with Gasteiger partial charge in [-0.15, -0.1) is 22.7 Å². The minimum atomic E-state index is -0.175. The molecule has 0 aliphatic heterocycles. The Morgan fingerprint density at radius 1 is 1.32 bits per heavy atom. The minimum absolute atomic E-state index is 0.175. The number of rotatable bonds is 5. The second-order valence-corrected chi connectivity index (χ2v) is 7.28. The molecule has 0 spiro atoms. The van der Waals surface area contributed by atoms with Gasteiger partial charge in [-0.2, -0.15) is 0 Å². The van der Waals surface area contributed by atoms with Crippen molar-refractivity contribution < 1.29 is 9.21 Å². The number of H-pyrrole nitrogens is 1. The van der Waals surface area contributed by atoms with Gasteiger partial charge in [0.05, 0.1) is 29.2 Å². The predicted octanol–water partition coefficient (Wildman–Crippen LogP) is 4.09. The molecule has 0 atom stereocenters. The highest BCUT2D eigenvalue weighted by molar-refractivity contribution is 7.13. The molecule has 25 heavy (non-hydrogen) atoms. The Labute approximate surface area is 151 Å². The Morgan fingerprint density at radius 2 is 2.24 bits per heavy atom. The molecule has 6 nitrogen and oxygen atoms in total. The largest absolute Gasteiger partial charge is 0.462 e. The fourth-order valence-electron chi connectivity index (χ4n) is 2.34. The van der Waals surface area contributed by atoms with Crippen LogP contribution >= 0.6 is 22.7 Å². The van der Waals surface area contributed by atoms with E-state index in [1.807, 2.05) is 29.8 Å². The quantitative estimate of drug-likeness (QED) is 0.554. The van der Waals surface area contributed by atoms with E-state index in [0.717, 1.165) is 32.7 Å². The molecule has 0 aliphatic rings. The summed E-state index contributed by atoms with van der Waals surface area (Å²) in [6, 6.07) is 5.49. The Kier molecular flexibility index (Phi) is 4.21. The standard InChI is InChI=1S/C17H14N4O2S2/c1-10-20-14(9-24-10)11-5-13(18-6-11)16(22)19-7-12-8-25-17(21-12)15-3-2-4-23-15/h2-6,8-9,18H,7H2,1H3,(H,19,22). The first-order chi connectivity index (χ1) is 12.2. The summed E-state index contributed by atoms with van der Waals surface area (Å²) in [5, 5.41) is 8.56. The molecular formula is C17H14N4O2S2. The molecule has 8 heteroatoms. The summed E-state index contributed by atoms with van der Waals surface area (Å²) in [5.41, 5.74) is 3.08. The maximum absolute atomic E-state index is 12.3. The van der Waals surface area contributed by atoms with E-state index in [0.29, 0.717) is 12.2 Å². The topological polar surface area (TPSA) is 83.8 Å². The first-order valence-corrected chi connectivity index (χ1v) is 9.32. The van der Waals surface area contributed by atoms with Crippen molar-refractivity contribution in [2.75, 3.05) is 0 Å². The number of aromatic amines is 1. The number of nitrogens with one attached hydrogen (secondary N) is 2. The SMILES string of the molecule is Cc1nc(-c2c[nH]c(C(=O)NCc3csc(-c4ccco4)n3)c2)cs1. The van der Waals surface area contributed by atoms with Gasteiger partial charge in [-0.05, 0) is 25.1 Å². The van der Waals surface area contributed by atoms with Gasteiger partial charge in [-0.3, -0.25) is 4.79 Å². The van der Waals surface area contributed by atoms with E-state index in [9.17, 15) is 4.79 Å². The Balaban J connectivity index is 1.40. The second-order valence-electron chi connectivity index (χ2n) is 5.36. The molecule has 0 aromatic carbocycles. The van der Waals surface area contributed by atoms with E-state index >= 15 is 0 Å². The second kappa shape index (κ2) is 6.66. The molecule has 0 unspecified atom stereocenters. The third kappa shape index (κ3) is 3.40. The molecule has 126 valence electrons. The number of thiazole rings is 2. The van der Waals surface area contributed by atoms with Crippen LogP contribution in [0.25, 0.3) is 22.0 Å². The summed E-state index contributed by atoms with van der Waals surface area (Å²) >= 11 is 3.07. The first kappa shape index (κ1) is 15.8. The molecule has 0 radical (unpaired) electrons. The molecule has 0 saturated heterocycles. The predicted molar refractivity (Wildman–Crippen MR) is 97.6 cm³/mol. The van der Waals surface area contributed by atoms with Crippen molar-refractivity contribution in [3.8, 4) is 22.0 Å². The molecule has 4 rings (SSSR count). The number of aryl methyl sites for hydroxylation is 1. The van der Waals surface area contributed by atoms with Gasteiger partial charge in [-0.25, -0.2) is 9.97 Å². The maximum atomic E-state index is 12.3. The van der Waals surface area contributed by atoms with Crippen LogP contribution in [-0.4, -0.2) is 20.9 Å². The van der Waals surface area contributed by atoms with Crippen LogP contribution in [-0.2, 0) is 6.54 Å². The lowest BCUT2D eigenvalue weighted by atomic mass is 10.2. The Hall–Kier alpha value is -2.71. The summed E-state index contributed by atoms with van der Waals surface area (Å²) in [6.07, 6.45) is 3.41. The molecule has 4 aromatic rings. The smallest absolute Gasteiger partial charge is 0.268 e. The number of carbonyl (C=O) groups excluding carboxylic acids is 1. The van der Waals surface area contributed by atoms with Crippen molar-refractivity contribution in [2.45, 2.75) is 13.5 Å². The van der Waals surface area contributed by atoms with E-state index in [1.165, 1.54) is 11.3 Å². The first-order valence-electron chi connectivity index (χ1n) is 7.56. The van der Waals surface area contributed by atoms with Gasteiger partial charge in [0.15, 0.2) is 10.8 Å².